The van der Waals surface area contributed by atoms with Crippen molar-refractivity contribution in [1.29, 1.82) is 0 Å². The van der Waals surface area contributed by atoms with Crippen molar-refractivity contribution in [3.8, 4) is 11.5 Å². The van der Waals surface area contributed by atoms with E-state index in [1.165, 1.54) is 7.11 Å². The fraction of sp³-hybridized carbons (Fsp3) is 0.250. The lowest BCUT2D eigenvalue weighted by atomic mass is 10.1. The Morgan fingerprint density at radius 3 is 2.56 bits per heavy atom. The zero-order valence-electron chi connectivity index (χ0n) is 9.37. The summed E-state index contributed by atoms with van der Waals surface area (Å²) in [4.78, 5) is 11.5. The Kier molecular flexibility index (Phi) is 2.56. The van der Waals surface area contributed by atoms with Crippen molar-refractivity contribution < 1.29 is 13.9 Å². The first-order valence-corrected chi connectivity index (χ1v) is 4.83. The minimum absolute atomic E-state index is 0.391. The molecule has 0 amide bonds. The second-order valence-electron chi connectivity index (χ2n) is 3.38. The van der Waals surface area contributed by atoms with Crippen molar-refractivity contribution in [3.63, 3.8) is 0 Å². The van der Waals surface area contributed by atoms with Gasteiger partial charge >= 0.3 is 5.63 Å². The van der Waals surface area contributed by atoms with Crippen LogP contribution in [0.4, 0.5) is 0 Å². The Bertz CT molecular complexity index is 583. The predicted octanol–water partition coefficient (Wildman–Crippen LogP) is 2.12. The first-order valence-electron chi connectivity index (χ1n) is 4.83. The van der Waals surface area contributed by atoms with Crippen LogP contribution in [0.2, 0.25) is 0 Å². The molecule has 0 saturated heterocycles. The molecule has 0 aliphatic carbocycles. The third-order valence-electron chi connectivity index (χ3n) is 2.49. The number of rotatable bonds is 2. The predicted molar refractivity (Wildman–Crippen MR) is 60.3 cm³/mol. The van der Waals surface area contributed by atoms with E-state index in [-0.39, 0.29) is 0 Å². The molecule has 4 nitrogen and oxygen atoms in total. The average molecular weight is 220 g/mol. The van der Waals surface area contributed by atoms with Crippen LogP contribution in [-0.4, -0.2) is 14.2 Å². The highest BCUT2D eigenvalue weighted by Gasteiger charge is 2.15. The summed E-state index contributed by atoms with van der Waals surface area (Å²) in [7, 11) is 3.09. The van der Waals surface area contributed by atoms with E-state index in [2.05, 4.69) is 0 Å². The molecule has 0 N–H and O–H groups in total. The zero-order chi connectivity index (χ0) is 11.7. The van der Waals surface area contributed by atoms with Gasteiger partial charge in [0.05, 0.1) is 19.8 Å². The zero-order valence-corrected chi connectivity index (χ0v) is 9.37. The van der Waals surface area contributed by atoms with E-state index in [1.54, 1.807) is 32.2 Å². The van der Waals surface area contributed by atoms with Crippen molar-refractivity contribution in [2.45, 2.75) is 6.92 Å². The average Bonchev–Trinajstić information content (AvgIpc) is 2.30. The minimum Gasteiger partial charge on any atom is -0.496 e. The molecule has 0 spiro atoms. The molecule has 0 fully saturated rings. The summed E-state index contributed by atoms with van der Waals surface area (Å²) in [6, 6.07) is 5.27. The maximum atomic E-state index is 11.5. The standard InChI is InChI=1S/C12H12O4/c1-7-11(15-3)10-8(14-2)5-4-6-9(10)16-12(7)13/h4-6H,1-3H3. The molecule has 2 aromatic rings. The van der Waals surface area contributed by atoms with E-state index in [0.29, 0.717) is 28.0 Å². The van der Waals surface area contributed by atoms with Crippen LogP contribution in [0.15, 0.2) is 27.4 Å². The van der Waals surface area contributed by atoms with Gasteiger partial charge < -0.3 is 13.9 Å². The minimum atomic E-state index is -0.391. The second-order valence-corrected chi connectivity index (χ2v) is 3.38. The van der Waals surface area contributed by atoms with Crippen LogP contribution in [0, 0.1) is 6.92 Å². The van der Waals surface area contributed by atoms with Gasteiger partial charge in [0, 0.05) is 0 Å². The van der Waals surface area contributed by atoms with E-state index >= 15 is 0 Å². The normalized spacial score (nSPS) is 10.4. The van der Waals surface area contributed by atoms with Gasteiger partial charge in [0.1, 0.15) is 22.5 Å². The summed E-state index contributed by atoms with van der Waals surface area (Å²) in [5.41, 5.74) is 0.518. The van der Waals surface area contributed by atoms with Gasteiger partial charge in [-0.2, -0.15) is 0 Å². The van der Waals surface area contributed by atoms with Crippen LogP contribution < -0.4 is 15.1 Å². The number of ether oxygens (including phenoxy) is 2. The lowest BCUT2D eigenvalue weighted by molar-refractivity contribution is 0.396. The Labute approximate surface area is 92.4 Å². The molecule has 0 unspecified atom stereocenters. The van der Waals surface area contributed by atoms with E-state index in [9.17, 15) is 4.79 Å². The number of fused-ring (bicyclic) bond motifs is 1. The molecule has 1 aromatic carbocycles. The highest BCUT2D eigenvalue weighted by Crippen LogP contribution is 2.34. The van der Waals surface area contributed by atoms with Crippen molar-refractivity contribution in [1.82, 2.24) is 0 Å². The Balaban J connectivity index is 2.98. The maximum absolute atomic E-state index is 11.5. The number of hydrogen-bond acceptors (Lipinski definition) is 4. The molecule has 0 radical (unpaired) electrons. The molecule has 1 heterocycles. The van der Waals surface area contributed by atoms with Crippen LogP contribution in [0.25, 0.3) is 11.0 Å². The molecule has 4 heteroatoms. The van der Waals surface area contributed by atoms with Gasteiger partial charge in [-0.25, -0.2) is 4.79 Å². The van der Waals surface area contributed by atoms with Crippen molar-refractivity contribution in [3.05, 3.63) is 34.2 Å². The maximum Gasteiger partial charge on any atom is 0.342 e. The number of benzene rings is 1. The topological polar surface area (TPSA) is 48.7 Å². The summed E-state index contributed by atoms with van der Waals surface area (Å²) < 4.78 is 15.6. The van der Waals surface area contributed by atoms with Gasteiger partial charge in [0.2, 0.25) is 0 Å². The molecule has 0 saturated carbocycles. The summed E-state index contributed by atoms with van der Waals surface area (Å²) >= 11 is 0. The van der Waals surface area contributed by atoms with Crippen LogP contribution in [0.3, 0.4) is 0 Å². The summed E-state index contributed by atoms with van der Waals surface area (Å²) in [5, 5.41) is 0.685. The first kappa shape index (κ1) is 10.5. The summed E-state index contributed by atoms with van der Waals surface area (Å²) in [6.45, 7) is 1.66. The molecule has 0 bridgehead atoms. The van der Waals surface area contributed by atoms with E-state index in [4.69, 9.17) is 13.9 Å². The molecular formula is C12H12O4. The van der Waals surface area contributed by atoms with E-state index < -0.39 is 5.63 Å². The van der Waals surface area contributed by atoms with Crippen molar-refractivity contribution >= 4 is 11.0 Å². The van der Waals surface area contributed by atoms with Gasteiger partial charge in [-0.05, 0) is 19.1 Å². The number of methoxy groups -OCH3 is 2. The summed E-state index contributed by atoms with van der Waals surface area (Å²) in [6.07, 6.45) is 0. The fourth-order valence-corrected chi connectivity index (χ4v) is 1.70. The van der Waals surface area contributed by atoms with Crippen LogP contribution >= 0.6 is 0 Å². The van der Waals surface area contributed by atoms with Gasteiger partial charge in [-0.15, -0.1) is 0 Å². The highest BCUT2D eigenvalue weighted by atomic mass is 16.5. The van der Waals surface area contributed by atoms with Crippen LogP contribution in [0.1, 0.15) is 5.56 Å². The molecule has 0 aliphatic heterocycles. The SMILES string of the molecule is COc1cccc2oc(=O)c(C)c(OC)c12. The van der Waals surface area contributed by atoms with Crippen LogP contribution in [0.5, 0.6) is 11.5 Å². The lowest BCUT2D eigenvalue weighted by Crippen LogP contribution is -2.06. The molecule has 0 aliphatic rings. The molecule has 2 rings (SSSR count). The Hall–Kier alpha value is -1.97. The first-order chi connectivity index (χ1) is 7.69. The largest absolute Gasteiger partial charge is 0.496 e. The molecule has 0 atom stereocenters. The van der Waals surface area contributed by atoms with E-state index in [1.807, 2.05) is 0 Å². The number of hydrogen-bond donors (Lipinski definition) is 0. The lowest BCUT2D eigenvalue weighted by Gasteiger charge is -2.10. The third kappa shape index (κ3) is 1.43. The van der Waals surface area contributed by atoms with Gasteiger partial charge in [-0.1, -0.05) is 6.07 Å². The van der Waals surface area contributed by atoms with Crippen molar-refractivity contribution in [2.24, 2.45) is 0 Å². The second kappa shape index (κ2) is 3.89. The molecule has 16 heavy (non-hydrogen) atoms. The fourth-order valence-electron chi connectivity index (χ4n) is 1.70. The van der Waals surface area contributed by atoms with Gasteiger partial charge in [-0.3, -0.25) is 0 Å². The quantitative estimate of drug-likeness (QED) is 0.727. The Morgan fingerprint density at radius 2 is 1.94 bits per heavy atom. The van der Waals surface area contributed by atoms with E-state index in [0.717, 1.165) is 0 Å². The van der Waals surface area contributed by atoms with Crippen molar-refractivity contribution in [2.75, 3.05) is 14.2 Å². The molecule has 84 valence electrons. The molecule has 1 aromatic heterocycles. The smallest absolute Gasteiger partial charge is 0.342 e. The third-order valence-corrected chi connectivity index (χ3v) is 2.49. The highest BCUT2D eigenvalue weighted by molar-refractivity contribution is 5.90. The van der Waals surface area contributed by atoms with Gasteiger partial charge in [0.15, 0.2) is 0 Å². The van der Waals surface area contributed by atoms with Gasteiger partial charge in [0.25, 0.3) is 0 Å². The molecular weight excluding hydrogens is 208 g/mol. The van der Waals surface area contributed by atoms with Crippen LogP contribution in [-0.2, 0) is 0 Å². The Morgan fingerprint density at radius 1 is 1.19 bits per heavy atom. The summed E-state index contributed by atoms with van der Waals surface area (Å²) in [5.74, 6) is 1.13. The monoisotopic (exact) mass is 220 g/mol.